The predicted octanol–water partition coefficient (Wildman–Crippen LogP) is 2.21. The van der Waals surface area contributed by atoms with Gasteiger partial charge < -0.3 is 15.4 Å². The van der Waals surface area contributed by atoms with Crippen molar-refractivity contribution in [1.29, 1.82) is 0 Å². The fourth-order valence-corrected chi connectivity index (χ4v) is 3.16. The Balaban J connectivity index is 2.13. The normalized spacial score (nSPS) is 26.4. The molecular weight excluding hydrogens is 232 g/mol. The summed E-state index contributed by atoms with van der Waals surface area (Å²) in [5, 5.41) is 0.528. The minimum atomic E-state index is 0.254. The Morgan fingerprint density at radius 3 is 2.71 bits per heavy atom. The summed E-state index contributed by atoms with van der Waals surface area (Å²) in [6.45, 7) is 3.59. The Morgan fingerprint density at radius 1 is 1.41 bits per heavy atom. The van der Waals surface area contributed by atoms with E-state index in [1.54, 1.807) is 0 Å². The molecule has 3 nitrogen and oxygen atoms in total. The maximum Gasteiger partial charge on any atom is 0.167 e. The van der Waals surface area contributed by atoms with E-state index in [0.717, 1.165) is 13.2 Å². The summed E-state index contributed by atoms with van der Waals surface area (Å²) < 4.78 is 5.54. The van der Waals surface area contributed by atoms with Crippen LogP contribution in [0.15, 0.2) is 11.6 Å². The van der Waals surface area contributed by atoms with Crippen molar-refractivity contribution < 1.29 is 4.74 Å². The standard InChI is InChI=1S/C13H22N2OS/c1-10-7-8-16-9-12(10)15(13(14)17)11-5-3-2-4-6-11/h7,11-12H,2-6,8-9H2,1H3,(H2,14,17). The molecule has 0 aromatic heterocycles. The zero-order valence-electron chi connectivity index (χ0n) is 10.5. The zero-order valence-corrected chi connectivity index (χ0v) is 11.3. The Hall–Kier alpha value is -0.610. The molecule has 0 amide bonds. The second-order valence-electron chi connectivity index (χ2n) is 5.04. The van der Waals surface area contributed by atoms with Crippen LogP contribution in [-0.4, -0.2) is 35.3 Å². The van der Waals surface area contributed by atoms with Gasteiger partial charge in [0.1, 0.15) is 0 Å². The van der Waals surface area contributed by atoms with E-state index in [1.807, 2.05) is 0 Å². The van der Waals surface area contributed by atoms with Crippen LogP contribution < -0.4 is 5.73 Å². The number of ether oxygens (including phenoxy) is 1. The molecule has 2 aliphatic rings. The number of nitrogens with two attached hydrogens (primary N) is 1. The summed E-state index contributed by atoms with van der Waals surface area (Å²) >= 11 is 5.25. The molecule has 1 aliphatic heterocycles. The minimum absolute atomic E-state index is 0.254. The van der Waals surface area contributed by atoms with Crippen molar-refractivity contribution in [3.63, 3.8) is 0 Å². The molecule has 17 heavy (non-hydrogen) atoms. The van der Waals surface area contributed by atoms with Crippen LogP contribution in [0.25, 0.3) is 0 Å². The second-order valence-corrected chi connectivity index (χ2v) is 5.46. The van der Waals surface area contributed by atoms with Crippen LogP contribution in [0.5, 0.6) is 0 Å². The Kier molecular flexibility index (Phi) is 4.40. The number of hydrogen-bond donors (Lipinski definition) is 1. The molecule has 1 heterocycles. The van der Waals surface area contributed by atoms with Crippen LogP contribution in [0.1, 0.15) is 39.0 Å². The van der Waals surface area contributed by atoms with E-state index in [-0.39, 0.29) is 6.04 Å². The highest BCUT2D eigenvalue weighted by molar-refractivity contribution is 7.80. The first-order valence-electron chi connectivity index (χ1n) is 6.52. The van der Waals surface area contributed by atoms with Crippen molar-refractivity contribution in [2.45, 2.75) is 51.1 Å². The Morgan fingerprint density at radius 2 is 2.12 bits per heavy atom. The molecule has 2 N–H and O–H groups in total. The predicted molar refractivity (Wildman–Crippen MR) is 73.9 cm³/mol. The Labute approximate surface area is 109 Å². The maximum absolute atomic E-state index is 5.94. The summed E-state index contributed by atoms with van der Waals surface area (Å²) in [4.78, 5) is 2.22. The van der Waals surface area contributed by atoms with E-state index in [1.165, 1.54) is 37.7 Å². The highest BCUT2D eigenvalue weighted by Crippen LogP contribution is 2.27. The lowest BCUT2D eigenvalue weighted by molar-refractivity contribution is 0.0818. The molecule has 1 aliphatic carbocycles. The van der Waals surface area contributed by atoms with Crippen molar-refractivity contribution >= 4 is 17.3 Å². The lowest BCUT2D eigenvalue weighted by atomic mass is 9.92. The van der Waals surface area contributed by atoms with Crippen LogP contribution >= 0.6 is 12.2 Å². The maximum atomic E-state index is 5.94. The monoisotopic (exact) mass is 254 g/mol. The van der Waals surface area contributed by atoms with E-state index in [0.29, 0.717) is 11.2 Å². The highest BCUT2D eigenvalue weighted by Gasteiger charge is 2.30. The average Bonchev–Trinajstić information content (AvgIpc) is 2.33. The van der Waals surface area contributed by atoms with Crippen molar-refractivity contribution in [3.8, 4) is 0 Å². The van der Waals surface area contributed by atoms with Crippen LogP contribution in [0, 0.1) is 0 Å². The molecule has 1 fully saturated rings. The molecule has 0 aromatic carbocycles. The van der Waals surface area contributed by atoms with E-state index < -0.39 is 0 Å². The summed E-state index contributed by atoms with van der Waals surface area (Å²) in [7, 11) is 0. The van der Waals surface area contributed by atoms with E-state index in [2.05, 4.69) is 17.9 Å². The molecule has 0 spiro atoms. The van der Waals surface area contributed by atoms with Gasteiger partial charge in [-0.25, -0.2) is 0 Å². The molecule has 0 radical (unpaired) electrons. The van der Waals surface area contributed by atoms with Gasteiger partial charge in [0, 0.05) is 6.04 Å². The lowest BCUT2D eigenvalue weighted by Gasteiger charge is -2.42. The lowest BCUT2D eigenvalue weighted by Crippen LogP contribution is -2.53. The average molecular weight is 254 g/mol. The first-order valence-corrected chi connectivity index (χ1v) is 6.93. The molecule has 0 saturated heterocycles. The molecule has 0 bridgehead atoms. The van der Waals surface area contributed by atoms with Gasteiger partial charge in [-0.05, 0) is 32.0 Å². The van der Waals surface area contributed by atoms with E-state index in [9.17, 15) is 0 Å². The van der Waals surface area contributed by atoms with Gasteiger partial charge in [-0.1, -0.05) is 30.9 Å². The minimum Gasteiger partial charge on any atom is -0.376 e. The molecule has 4 heteroatoms. The molecule has 96 valence electrons. The molecule has 1 atom stereocenters. The molecule has 0 aromatic rings. The third kappa shape index (κ3) is 2.99. The summed E-state index contributed by atoms with van der Waals surface area (Å²) in [6, 6.07) is 0.764. The summed E-state index contributed by atoms with van der Waals surface area (Å²) in [5.41, 5.74) is 7.28. The quantitative estimate of drug-likeness (QED) is 0.606. The fraction of sp³-hybridized carbons (Fsp3) is 0.769. The van der Waals surface area contributed by atoms with Crippen LogP contribution in [0.2, 0.25) is 0 Å². The summed E-state index contributed by atoms with van der Waals surface area (Å²) in [5.74, 6) is 0. The van der Waals surface area contributed by atoms with Crippen molar-refractivity contribution in [2.24, 2.45) is 5.73 Å². The zero-order chi connectivity index (χ0) is 12.3. The van der Waals surface area contributed by atoms with Crippen molar-refractivity contribution in [1.82, 2.24) is 4.90 Å². The SMILES string of the molecule is CC1=CCOCC1N(C(N)=S)C1CCCCC1. The first kappa shape index (κ1) is 12.8. The smallest absolute Gasteiger partial charge is 0.167 e. The van der Waals surface area contributed by atoms with Gasteiger partial charge in [-0.2, -0.15) is 0 Å². The molecule has 1 saturated carbocycles. The Bertz CT molecular complexity index is 311. The summed E-state index contributed by atoms with van der Waals surface area (Å²) in [6.07, 6.45) is 8.49. The van der Waals surface area contributed by atoms with Crippen molar-refractivity contribution in [2.75, 3.05) is 13.2 Å². The van der Waals surface area contributed by atoms with Gasteiger partial charge >= 0.3 is 0 Å². The van der Waals surface area contributed by atoms with Gasteiger partial charge in [-0.3, -0.25) is 0 Å². The third-order valence-electron chi connectivity index (χ3n) is 3.88. The third-order valence-corrected chi connectivity index (χ3v) is 4.09. The van der Waals surface area contributed by atoms with Gasteiger partial charge in [0.25, 0.3) is 0 Å². The van der Waals surface area contributed by atoms with Crippen molar-refractivity contribution in [3.05, 3.63) is 11.6 Å². The number of hydrogen-bond acceptors (Lipinski definition) is 2. The molecular formula is C13H22N2OS. The largest absolute Gasteiger partial charge is 0.376 e. The highest BCUT2D eigenvalue weighted by atomic mass is 32.1. The number of rotatable bonds is 2. The van der Waals surface area contributed by atoms with Gasteiger partial charge in [-0.15, -0.1) is 0 Å². The molecule has 1 unspecified atom stereocenters. The second kappa shape index (κ2) is 5.83. The van der Waals surface area contributed by atoms with Crippen LogP contribution in [0.4, 0.5) is 0 Å². The topological polar surface area (TPSA) is 38.5 Å². The van der Waals surface area contributed by atoms with Gasteiger partial charge in [0.15, 0.2) is 5.11 Å². The van der Waals surface area contributed by atoms with E-state index >= 15 is 0 Å². The number of nitrogens with zero attached hydrogens (tertiary/aromatic N) is 1. The van der Waals surface area contributed by atoms with Gasteiger partial charge in [0.2, 0.25) is 0 Å². The van der Waals surface area contributed by atoms with Crippen LogP contribution in [0.3, 0.4) is 0 Å². The number of thiocarbonyl (C=S) groups is 1. The van der Waals surface area contributed by atoms with E-state index in [4.69, 9.17) is 22.7 Å². The van der Waals surface area contributed by atoms with Gasteiger partial charge in [0.05, 0.1) is 19.3 Å². The fourth-order valence-electron chi connectivity index (χ4n) is 2.88. The molecule has 2 rings (SSSR count). The first-order chi connectivity index (χ1) is 8.20. The van der Waals surface area contributed by atoms with Crippen LogP contribution in [-0.2, 0) is 4.74 Å².